The molecule has 1 N–H and O–H groups in total. The molecule has 2 aromatic heterocycles. The lowest BCUT2D eigenvalue weighted by atomic mass is 10.1. The molecule has 5 heteroatoms. The summed E-state index contributed by atoms with van der Waals surface area (Å²) < 4.78 is 12.2. The average molecular weight is 399 g/mol. The smallest absolute Gasteiger partial charge is 0.178 e. The number of nitrogens with one attached hydrogen (secondary N) is 1. The van der Waals surface area contributed by atoms with E-state index in [9.17, 15) is 0 Å². The first-order valence-corrected chi connectivity index (χ1v) is 9.99. The van der Waals surface area contributed by atoms with E-state index < -0.39 is 0 Å². The van der Waals surface area contributed by atoms with Gasteiger partial charge < -0.3 is 14.5 Å². The second kappa shape index (κ2) is 8.82. The Hall–Kier alpha value is -3.60. The van der Waals surface area contributed by atoms with Gasteiger partial charge in [-0.05, 0) is 50.6 Å². The largest absolute Gasteiger partial charge is 0.489 e. The Labute approximate surface area is 176 Å². The Morgan fingerprint density at radius 1 is 1.03 bits per heavy atom. The van der Waals surface area contributed by atoms with Crippen LogP contribution in [0.2, 0.25) is 0 Å². The van der Waals surface area contributed by atoms with E-state index in [1.165, 1.54) is 5.57 Å². The van der Waals surface area contributed by atoms with Crippen LogP contribution in [0, 0.1) is 6.92 Å². The van der Waals surface area contributed by atoms with Gasteiger partial charge in [0.1, 0.15) is 30.5 Å². The normalized spacial score (nSPS) is 10.8. The predicted octanol–water partition coefficient (Wildman–Crippen LogP) is 5.86. The first-order valence-electron chi connectivity index (χ1n) is 9.99. The third kappa shape index (κ3) is 4.51. The molecule has 0 aliphatic rings. The van der Waals surface area contributed by atoms with Gasteiger partial charge in [-0.25, -0.2) is 9.97 Å². The second-order valence-electron chi connectivity index (χ2n) is 7.42. The summed E-state index contributed by atoms with van der Waals surface area (Å²) in [7, 11) is 0. The fraction of sp³-hybridized carbons (Fsp3) is 0.200. The summed E-state index contributed by atoms with van der Waals surface area (Å²) in [5, 5.41) is 0. The minimum absolute atomic E-state index is 0.486. The summed E-state index contributed by atoms with van der Waals surface area (Å²) >= 11 is 0. The van der Waals surface area contributed by atoms with Gasteiger partial charge in [0.15, 0.2) is 5.65 Å². The van der Waals surface area contributed by atoms with Crippen molar-refractivity contribution < 1.29 is 9.47 Å². The summed E-state index contributed by atoms with van der Waals surface area (Å²) in [5.74, 6) is 2.26. The van der Waals surface area contributed by atoms with E-state index in [1.54, 1.807) is 6.20 Å². The highest BCUT2D eigenvalue weighted by Gasteiger charge is 2.15. The van der Waals surface area contributed by atoms with E-state index in [0.29, 0.717) is 18.9 Å². The van der Waals surface area contributed by atoms with Crippen molar-refractivity contribution in [3.63, 3.8) is 0 Å². The number of ether oxygens (including phenoxy) is 2. The number of hydrogen-bond acceptors (Lipinski definition) is 4. The molecular weight excluding hydrogens is 374 g/mol. The Morgan fingerprint density at radius 2 is 1.87 bits per heavy atom. The lowest BCUT2D eigenvalue weighted by molar-refractivity contribution is 0.300. The number of hydrogen-bond donors (Lipinski definition) is 1. The van der Waals surface area contributed by atoms with Gasteiger partial charge in [-0.3, -0.25) is 0 Å². The number of aromatic nitrogens is 3. The minimum Gasteiger partial charge on any atom is -0.489 e. The van der Waals surface area contributed by atoms with Crippen LogP contribution < -0.4 is 9.47 Å². The number of pyridine rings is 1. The second-order valence-corrected chi connectivity index (χ2v) is 7.42. The van der Waals surface area contributed by atoms with Crippen molar-refractivity contribution in [2.24, 2.45) is 0 Å². The third-order valence-corrected chi connectivity index (χ3v) is 4.82. The molecule has 0 amide bonds. The third-order valence-electron chi connectivity index (χ3n) is 4.82. The number of nitrogens with zero attached hydrogens (tertiary/aromatic N) is 2. The Bertz CT molecular complexity index is 1140. The van der Waals surface area contributed by atoms with Gasteiger partial charge in [-0.15, -0.1) is 0 Å². The monoisotopic (exact) mass is 399 g/mol. The van der Waals surface area contributed by atoms with Crippen molar-refractivity contribution in [3.05, 3.63) is 83.6 Å². The zero-order chi connectivity index (χ0) is 20.9. The molecule has 30 heavy (non-hydrogen) atoms. The van der Waals surface area contributed by atoms with Gasteiger partial charge in [0, 0.05) is 23.4 Å². The number of imidazole rings is 1. The standard InChI is InChI=1S/C25H25N3O2/c1-17(2)11-13-29-20-14-21(24-27-22-10-7-12-26-25(22)28-24)18(3)23(15-20)30-16-19-8-5-4-6-9-19/h4-12,14-15H,13,16H2,1-3H3,(H,26,27,28). The topological polar surface area (TPSA) is 60.0 Å². The molecule has 0 bridgehead atoms. The fourth-order valence-corrected chi connectivity index (χ4v) is 3.15. The lowest BCUT2D eigenvalue weighted by Gasteiger charge is -2.15. The van der Waals surface area contributed by atoms with E-state index in [2.05, 4.69) is 47.0 Å². The maximum Gasteiger partial charge on any atom is 0.178 e. The molecule has 2 heterocycles. The Morgan fingerprint density at radius 3 is 2.63 bits per heavy atom. The van der Waals surface area contributed by atoms with Crippen LogP contribution in [0.1, 0.15) is 25.0 Å². The molecule has 4 rings (SSSR count). The van der Waals surface area contributed by atoms with Gasteiger partial charge in [0.25, 0.3) is 0 Å². The van der Waals surface area contributed by atoms with Crippen molar-refractivity contribution in [3.8, 4) is 22.9 Å². The van der Waals surface area contributed by atoms with Crippen LogP contribution in [0.3, 0.4) is 0 Å². The van der Waals surface area contributed by atoms with Crippen LogP contribution in [-0.2, 0) is 6.61 Å². The molecule has 0 atom stereocenters. The summed E-state index contributed by atoms with van der Waals surface area (Å²) in [5.41, 5.74) is 5.85. The highest BCUT2D eigenvalue weighted by Crippen LogP contribution is 2.35. The summed E-state index contributed by atoms with van der Waals surface area (Å²) in [4.78, 5) is 12.4. The predicted molar refractivity (Wildman–Crippen MR) is 120 cm³/mol. The van der Waals surface area contributed by atoms with E-state index in [0.717, 1.165) is 39.5 Å². The van der Waals surface area contributed by atoms with Crippen LogP contribution in [0.5, 0.6) is 11.5 Å². The van der Waals surface area contributed by atoms with Gasteiger partial charge >= 0.3 is 0 Å². The van der Waals surface area contributed by atoms with Gasteiger partial charge in [0.05, 0.1) is 5.52 Å². The maximum atomic E-state index is 6.17. The lowest BCUT2D eigenvalue weighted by Crippen LogP contribution is -2.01. The molecule has 0 unspecified atom stereocenters. The van der Waals surface area contributed by atoms with E-state index in [1.807, 2.05) is 49.4 Å². The molecule has 0 saturated carbocycles. The van der Waals surface area contributed by atoms with Gasteiger partial charge in [-0.1, -0.05) is 35.9 Å². The summed E-state index contributed by atoms with van der Waals surface area (Å²) in [6.45, 7) is 7.14. The molecule has 0 spiro atoms. The zero-order valence-corrected chi connectivity index (χ0v) is 17.5. The van der Waals surface area contributed by atoms with Crippen molar-refractivity contribution in [1.82, 2.24) is 15.0 Å². The Kier molecular flexibility index (Phi) is 5.80. The van der Waals surface area contributed by atoms with Crippen molar-refractivity contribution in [2.75, 3.05) is 6.61 Å². The van der Waals surface area contributed by atoms with E-state index >= 15 is 0 Å². The highest BCUT2D eigenvalue weighted by atomic mass is 16.5. The van der Waals surface area contributed by atoms with E-state index in [-0.39, 0.29) is 0 Å². The summed E-state index contributed by atoms with van der Waals surface area (Å²) in [6, 6.07) is 17.9. The molecule has 0 radical (unpaired) electrons. The molecule has 0 saturated heterocycles. The zero-order valence-electron chi connectivity index (χ0n) is 17.5. The van der Waals surface area contributed by atoms with Crippen LogP contribution >= 0.6 is 0 Å². The van der Waals surface area contributed by atoms with E-state index in [4.69, 9.17) is 9.47 Å². The maximum absolute atomic E-state index is 6.17. The molecule has 0 fully saturated rings. The summed E-state index contributed by atoms with van der Waals surface area (Å²) in [6.07, 6.45) is 3.79. The number of fused-ring (bicyclic) bond motifs is 1. The molecule has 2 aromatic carbocycles. The van der Waals surface area contributed by atoms with Crippen LogP contribution in [-0.4, -0.2) is 21.6 Å². The average Bonchev–Trinajstić information content (AvgIpc) is 3.18. The number of benzene rings is 2. The fourth-order valence-electron chi connectivity index (χ4n) is 3.15. The highest BCUT2D eigenvalue weighted by molar-refractivity contribution is 5.77. The molecule has 0 aliphatic carbocycles. The van der Waals surface area contributed by atoms with Gasteiger partial charge in [0.2, 0.25) is 0 Å². The number of allylic oxidation sites excluding steroid dienone is 1. The first-order chi connectivity index (χ1) is 14.6. The number of H-pyrrole nitrogens is 1. The van der Waals surface area contributed by atoms with Crippen LogP contribution in [0.25, 0.3) is 22.6 Å². The minimum atomic E-state index is 0.486. The molecule has 0 aliphatic heterocycles. The first kappa shape index (κ1) is 19.7. The molecule has 4 aromatic rings. The molecular formula is C25H25N3O2. The quantitative estimate of drug-likeness (QED) is 0.396. The number of aromatic amines is 1. The number of rotatable bonds is 7. The van der Waals surface area contributed by atoms with Crippen molar-refractivity contribution in [1.29, 1.82) is 0 Å². The SMILES string of the molecule is CC(C)=CCOc1cc(OCc2ccccc2)c(C)c(-c2nc3ncccc3[nH]2)c1. The van der Waals surface area contributed by atoms with Crippen LogP contribution in [0.4, 0.5) is 0 Å². The molecule has 5 nitrogen and oxygen atoms in total. The van der Waals surface area contributed by atoms with Crippen molar-refractivity contribution in [2.45, 2.75) is 27.4 Å². The van der Waals surface area contributed by atoms with Crippen LogP contribution in [0.15, 0.2) is 72.4 Å². The Balaban J connectivity index is 1.70. The molecule has 152 valence electrons. The van der Waals surface area contributed by atoms with Gasteiger partial charge in [-0.2, -0.15) is 0 Å². The van der Waals surface area contributed by atoms with Crippen molar-refractivity contribution >= 4 is 11.2 Å².